The first-order chi connectivity index (χ1) is 14.1. The number of carbonyl (C=O) groups is 2. The molecule has 0 aliphatic carbocycles. The molecule has 7 heteroatoms. The Labute approximate surface area is 173 Å². The van der Waals surface area contributed by atoms with Gasteiger partial charge in [0.1, 0.15) is 5.69 Å². The second-order valence-corrected chi connectivity index (χ2v) is 8.10. The van der Waals surface area contributed by atoms with E-state index in [0.29, 0.717) is 11.4 Å². The van der Waals surface area contributed by atoms with E-state index >= 15 is 0 Å². The van der Waals surface area contributed by atoms with E-state index in [2.05, 4.69) is 5.10 Å². The summed E-state index contributed by atoms with van der Waals surface area (Å²) in [4.78, 5) is 28.1. The minimum Gasteiger partial charge on any atom is -0.451 e. The van der Waals surface area contributed by atoms with Gasteiger partial charge < -0.3 is 9.64 Å². The minimum atomic E-state index is -0.554. The van der Waals surface area contributed by atoms with Gasteiger partial charge in [0.15, 0.2) is 12.3 Å². The molecule has 1 aromatic carbocycles. The highest BCUT2D eigenvalue weighted by Crippen LogP contribution is 2.26. The first-order valence-electron chi connectivity index (χ1n) is 9.79. The molecule has 1 aliphatic rings. The highest BCUT2D eigenvalue weighted by atomic mass is 32.1. The van der Waals surface area contributed by atoms with E-state index in [1.165, 1.54) is 0 Å². The molecule has 0 unspecified atom stereocenters. The lowest BCUT2D eigenvalue weighted by molar-refractivity contribution is -0.137. The number of esters is 1. The van der Waals surface area contributed by atoms with Crippen LogP contribution in [-0.4, -0.2) is 45.8 Å². The summed E-state index contributed by atoms with van der Waals surface area (Å²) in [7, 11) is 0. The molecule has 0 radical (unpaired) electrons. The molecular weight excluding hydrogens is 386 g/mol. The predicted octanol–water partition coefficient (Wildman–Crippen LogP) is 4.16. The summed E-state index contributed by atoms with van der Waals surface area (Å²) in [5.41, 5.74) is 1.77. The first kappa shape index (κ1) is 19.4. The Morgan fingerprint density at radius 3 is 2.72 bits per heavy atom. The lowest BCUT2D eigenvalue weighted by atomic mass is 10.0. The molecule has 0 bridgehead atoms. The molecule has 0 N–H and O–H groups in total. The van der Waals surface area contributed by atoms with Gasteiger partial charge in [-0.05, 0) is 49.8 Å². The number of hydrogen-bond donors (Lipinski definition) is 0. The molecule has 4 rings (SSSR count). The number of aromatic nitrogens is 2. The van der Waals surface area contributed by atoms with E-state index in [1.54, 1.807) is 22.1 Å². The largest absolute Gasteiger partial charge is 0.451 e. The van der Waals surface area contributed by atoms with Gasteiger partial charge in [0.25, 0.3) is 5.91 Å². The van der Waals surface area contributed by atoms with Crippen LogP contribution in [0, 0.1) is 0 Å². The van der Waals surface area contributed by atoms with E-state index in [1.807, 2.05) is 59.7 Å². The smallest absolute Gasteiger partial charge is 0.357 e. The van der Waals surface area contributed by atoms with Crippen molar-refractivity contribution >= 4 is 23.2 Å². The lowest BCUT2D eigenvalue weighted by Crippen LogP contribution is -2.44. The van der Waals surface area contributed by atoms with E-state index < -0.39 is 5.97 Å². The van der Waals surface area contributed by atoms with E-state index in [-0.39, 0.29) is 18.6 Å². The molecule has 29 heavy (non-hydrogen) atoms. The fourth-order valence-corrected chi connectivity index (χ4v) is 4.27. The zero-order valence-electron chi connectivity index (χ0n) is 16.3. The number of thiophene rings is 1. The highest BCUT2D eigenvalue weighted by molar-refractivity contribution is 7.13. The number of carbonyl (C=O) groups excluding carboxylic acids is 2. The maximum atomic E-state index is 12.8. The topological polar surface area (TPSA) is 64.4 Å². The zero-order valence-corrected chi connectivity index (χ0v) is 17.1. The van der Waals surface area contributed by atoms with Crippen LogP contribution in [0.5, 0.6) is 0 Å². The van der Waals surface area contributed by atoms with Crippen LogP contribution >= 0.6 is 11.3 Å². The van der Waals surface area contributed by atoms with Crippen LogP contribution in [0.25, 0.3) is 16.3 Å². The van der Waals surface area contributed by atoms with Gasteiger partial charge in [-0.15, -0.1) is 11.3 Å². The summed E-state index contributed by atoms with van der Waals surface area (Å²) in [6, 6.07) is 15.2. The van der Waals surface area contributed by atoms with Crippen molar-refractivity contribution in [1.29, 1.82) is 0 Å². The van der Waals surface area contributed by atoms with Gasteiger partial charge in [-0.25, -0.2) is 9.48 Å². The Kier molecular flexibility index (Phi) is 5.76. The number of hydrogen-bond acceptors (Lipinski definition) is 5. The second kappa shape index (κ2) is 8.61. The van der Waals surface area contributed by atoms with Gasteiger partial charge in [0.05, 0.1) is 10.6 Å². The van der Waals surface area contributed by atoms with Gasteiger partial charge >= 0.3 is 5.97 Å². The number of ether oxygens (including phenoxy) is 1. The Hall–Kier alpha value is -2.93. The van der Waals surface area contributed by atoms with Crippen LogP contribution in [0.15, 0.2) is 53.9 Å². The average Bonchev–Trinajstić information content (AvgIpc) is 3.42. The van der Waals surface area contributed by atoms with Crippen LogP contribution in [0.2, 0.25) is 0 Å². The molecule has 2 aromatic heterocycles. The lowest BCUT2D eigenvalue weighted by Gasteiger charge is -2.33. The number of nitrogens with zero attached hydrogens (tertiary/aromatic N) is 3. The Morgan fingerprint density at radius 2 is 2.00 bits per heavy atom. The standard InChI is InChI=1S/C22H23N3O3S/c1-16-8-5-6-12-24(16)21(26)15-28-22(27)19-14-18(20-11-7-13-29-20)23-25(19)17-9-3-2-4-10-17/h2-4,7,9-11,13-14,16H,5-6,8,12,15H2,1H3/t16-/m0/s1. The van der Waals surface area contributed by atoms with Gasteiger partial charge in [-0.1, -0.05) is 24.3 Å². The summed E-state index contributed by atoms with van der Waals surface area (Å²) in [5.74, 6) is -0.697. The average molecular weight is 410 g/mol. The molecule has 1 fully saturated rings. The van der Waals surface area contributed by atoms with Crippen molar-refractivity contribution < 1.29 is 14.3 Å². The number of amides is 1. The molecule has 6 nitrogen and oxygen atoms in total. The first-order valence-corrected chi connectivity index (χ1v) is 10.7. The molecule has 1 saturated heterocycles. The Balaban J connectivity index is 1.55. The summed E-state index contributed by atoms with van der Waals surface area (Å²) in [6.45, 7) is 2.51. The molecule has 3 aromatic rings. The number of benzene rings is 1. The van der Waals surface area contributed by atoms with Crippen LogP contribution in [-0.2, 0) is 9.53 Å². The number of likely N-dealkylation sites (tertiary alicyclic amines) is 1. The summed E-state index contributed by atoms with van der Waals surface area (Å²) < 4.78 is 6.97. The molecule has 1 atom stereocenters. The van der Waals surface area contributed by atoms with Gasteiger partial charge in [-0.2, -0.15) is 5.10 Å². The van der Waals surface area contributed by atoms with Gasteiger partial charge in [0, 0.05) is 18.7 Å². The van der Waals surface area contributed by atoms with E-state index in [9.17, 15) is 9.59 Å². The maximum Gasteiger partial charge on any atom is 0.357 e. The SMILES string of the molecule is C[C@H]1CCCCN1C(=O)COC(=O)c1cc(-c2cccs2)nn1-c1ccccc1. The summed E-state index contributed by atoms with van der Waals surface area (Å²) >= 11 is 1.55. The van der Waals surface area contributed by atoms with Crippen molar-refractivity contribution in [3.63, 3.8) is 0 Å². The quantitative estimate of drug-likeness (QED) is 0.594. The third-order valence-electron chi connectivity index (χ3n) is 5.14. The van der Waals surface area contributed by atoms with Crippen molar-refractivity contribution in [1.82, 2.24) is 14.7 Å². The van der Waals surface area contributed by atoms with Crippen LogP contribution < -0.4 is 0 Å². The van der Waals surface area contributed by atoms with Crippen molar-refractivity contribution in [2.45, 2.75) is 32.2 Å². The number of para-hydroxylation sites is 1. The minimum absolute atomic E-state index is 0.144. The molecular formula is C22H23N3O3S. The highest BCUT2D eigenvalue weighted by Gasteiger charge is 2.25. The molecule has 150 valence electrons. The predicted molar refractivity (Wildman–Crippen MR) is 112 cm³/mol. The molecule has 0 saturated carbocycles. The fourth-order valence-electron chi connectivity index (χ4n) is 3.59. The van der Waals surface area contributed by atoms with Crippen LogP contribution in [0.1, 0.15) is 36.7 Å². The molecule has 1 aliphatic heterocycles. The third kappa shape index (κ3) is 4.24. The normalized spacial score (nSPS) is 16.6. The maximum absolute atomic E-state index is 12.8. The van der Waals surface area contributed by atoms with E-state index in [0.717, 1.165) is 36.4 Å². The van der Waals surface area contributed by atoms with Crippen LogP contribution in [0.3, 0.4) is 0 Å². The monoisotopic (exact) mass is 409 g/mol. The molecule has 0 spiro atoms. The third-order valence-corrected chi connectivity index (χ3v) is 6.04. The fraction of sp³-hybridized carbons (Fsp3) is 0.318. The summed E-state index contributed by atoms with van der Waals surface area (Å²) in [5, 5.41) is 6.57. The number of rotatable bonds is 5. The van der Waals surface area contributed by atoms with Crippen molar-refractivity contribution in [3.8, 4) is 16.3 Å². The molecule has 3 heterocycles. The van der Waals surface area contributed by atoms with Crippen LogP contribution in [0.4, 0.5) is 0 Å². The second-order valence-electron chi connectivity index (χ2n) is 7.15. The summed E-state index contributed by atoms with van der Waals surface area (Å²) in [6.07, 6.45) is 3.12. The molecule has 1 amide bonds. The Morgan fingerprint density at radius 1 is 1.17 bits per heavy atom. The van der Waals surface area contributed by atoms with Gasteiger partial charge in [0.2, 0.25) is 0 Å². The van der Waals surface area contributed by atoms with E-state index in [4.69, 9.17) is 4.74 Å². The van der Waals surface area contributed by atoms with Crippen molar-refractivity contribution in [3.05, 3.63) is 59.6 Å². The zero-order chi connectivity index (χ0) is 20.2. The van der Waals surface area contributed by atoms with Crippen molar-refractivity contribution in [2.75, 3.05) is 13.2 Å². The number of piperidine rings is 1. The Bertz CT molecular complexity index is 982. The van der Waals surface area contributed by atoms with Crippen molar-refractivity contribution in [2.24, 2.45) is 0 Å². The van der Waals surface area contributed by atoms with Gasteiger partial charge in [-0.3, -0.25) is 4.79 Å².